The van der Waals surface area contributed by atoms with E-state index in [0.29, 0.717) is 49.8 Å². The van der Waals surface area contributed by atoms with E-state index < -0.39 is 17.7 Å². The first-order valence-electron chi connectivity index (χ1n) is 10.7. The Kier molecular flexibility index (Phi) is 7.93. The maximum Gasteiger partial charge on any atom is 0.295 e. The van der Waals surface area contributed by atoms with Crippen molar-refractivity contribution in [1.82, 2.24) is 4.90 Å². The van der Waals surface area contributed by atoms with Crippen molar-refractivity contribution in [1.29, 1.82) is 0 Å². The van der Waals surface area contributed by atoms with Crippen molar-refractivity contribution in [2.45, 2.75) is 33.2 Å². The predicted octanol–water partition coefficient (Wildman–Crippen LogP) is 4.31. The molecule has 0 spiro atoms. The number of amides is 1. The summed E-state index contributed by atoms with van der Waals surface area (Å²) in [6, 6.07) is 6.33. The number of aliphatic hydroxyl groups excluding tert-OH is 1. The van der Waals surface area contributed by atoms with Gasteiger partial charge < -0.3 is 24.2 Å². The maximum absolute atomic E-state index is 13.1. The van der Waals surface area contributed by atoms with Crippen LogP contribution >= 0.6 is 11.3 Å². The van der Waals surface area contributed by atoms with Crippen molar-refractivity contribution in [2.75, 3.05) is 33.5 Å². The Morgan fingerprint density at radius 3 is 2.53 bits per heavy atom. The van der Waals surface area contributed by atoms with Gasteiger partial charge in [0, 0.05) is 31.2 Å². The zero-order valence-electron chi connectivity index (χ0n) is 18.8. The average molecular weight is 460 g/mol. The minimum absolute atomic E-state index is 0.0723. The number of likely N-dealkylation sites (tertiary alicyclic amines) is 1. The summed E-state index contributed by atoms with van der Waals surface area (Å²) in [5.74, 6) is -0.582. The molecule has 0 radical (unpaired) electrons. The molecule has 2 heterocycles. The molecule has 7 nitrogen and oxygen atoms in total. The van der Waals surface area contributed by atoms with Crippen LogP contribution in [0.1, 0.15) is 42.3 Å². The highest BCUT2D eigenvalue weighted by Crippen LogP contribution is 2.44. The average Bonchev–Trinajstić information content (AvgIpc) is 3.30. The van der Waals surface area contributed by atoms with Gasteiger partial charge in [-0.15, -0.1) is 11.3 Å². The van der Waals surface area contributed by atoms with E-state index in [1.807, 2.05) is 32.2 Å². The zero-order chi connectivity index (χ0) is 23.3. The zero-order valence-corrected chi connectivity index (χ0v) is 19.7. The van der Waals surface area contributed by atoms with Crippen LogP contribution in [0.5, 0.6) is 11.5 Å². The highest BCUT2D eigenvalue weighted by atomic mass is 32.1. The van der Waals surface area contributed by atoms with Crippen LogP contribution in [0.4, 0.5) is 0 Å². The Morgan fingerprint density at radius 2 is 1.91 bits per heavy atom. The number of ether oxygens (including phenoxy) is 3. The molecule has 1 N–H and O–H groups in total. The first-order chi connectivity index (χ1) is 15.4. The number of benzene rings is 1. The summed E-state index contributed by atoms with van der Waals surface area (Å²) in [6.45, 7) is 7.31. The van der Waals surface area contributed by atoms with E-state index in [9.17, 15) is 14.7 Å². The highest BCUT2D eigenvalue weighted by molar-refractivity contribution is 7.10. The van der Waals surface area contributed by atoms with E-state index in [-0.39, 0.29) is 11.3 Å². The molecule has 1 fully saturated rings. The lowest BCUT2D eigenvalue weighted by Crippen LogP contribution is -2.31. The van der Waals surface area contributed by atoms with Crippen LogP contribution in [0.15, 0.2) is 35.2 Å². The molecule has 8 heteroatoms. The van der Waals surface area contributed by atoms with Crippen LogP contribution in [0.25, 0.3) is 5.76 Å². The second-order valence-corrected chi connectivity index (χ2v) is 8.28. The first kappa shape index (κ1) is 23.8. The summed E-state index contributed by atoms with van der Waals surface area (Å²) in [7, 11) is 1.59. The Balaban J connectivity index is 2.15. The molecule has 1 aliphatic rings. The number of Topliss-reactive ketones (excluding diaryl/α,β-unsaturated/α-hetero) is 1. The largest absolute Gasteiger partial charge is 0.507 e. The van der Waals surface area contributed by atoms with Gasteiger partial charge in [0.15, 0.2) is 0 Å². The lowest BCUT2D eigenvalue weighted by Gasteiger charge is -2.25. The van der Waals surface area contributed by atoms with Gasteiger partial charge in [-0.1, -0.05) is 0 Å². The van der Waals surface area contributed by atoms with Gasteiger partial charge in [0.05, 0.1) is 30.4 Å². The number of nitrogens with zero attached hydrogens (tertiary/aromatic N) is 1. The predicted molar refractivity (Wildman–Crippen MR) is 123 cm³/mol. The first-order valence-corrected chi connectivity index (χ1v) is 11.5. The van der Waals surface area contributed by atoms with E-state index in [4.69, 9.17) is 14.2 Å². The minimum atomic E-state index is -0.700. The highest BCUT2D eigenvalue weighted by Gasteiger charge is 2.47. The Morgan fingerprint density at radius 1 is 1.16 bits per heavy atom. The van der Waals surface area contributed by atoms with Gasteiger partial charge in [0.1, 0.15) is 17.3 Å². The van der Waals surface area contributed by atoms with Crippen molar-refractivity contribution in [3.63, 3.8) is 0 Å². The molecule has 1 amide bonds. The second-order valence-electron chi connectivity index (χ2n) is 7.33. The molecule has 1 aromatic heterocycles. The molecule has 1 saturated heterocycles. The summed E-state index contributed by atoms with van der Waals surface area (Å²) >= 11 is 1.46. The topological polar surface area (TPSA) is 85.3 Å². The number of rotatable bonds is 10. The quantitative estimate of drug-likeness (QED) is 0.247. The van der Waals surface area contributed by atoms with Crippen molar-refractivity contribution < 1.29 is 28.9 Å². The Bertz CT molecular complexity index is 1010. The standard InChI is InChI=1S/C24H29NO6S/c1-5-30-16-8-9-17(18(14-16)31-6-2)21(26)19-20(23-15(3)10-13-32-23)25(11-7-12-29-4)24(28)22(19)27/h8-10,13-14,20,26H,5-7,11-12H2,1-4H3/b21-19+. The fourth-order valence-corrected chi connectivity index (χ4v) is 4.85. The molecular formula is C24H29NO6S. The smallest absolute Gasteiger partial charge is 0.295 e. The van der Waals surface area contributed by atoms with Crippen LogP contribution in [0, 0.1) is 6.92 Å². The van der Waals surface area contributed by atoms with Gasteiger partial charge in [-0.2, -0.15) is 0 Å². The fourth-order valence-electron chi connectivity index (χ4n) is 3.80. The monoisotopic (exact) mass is 459 g/mol. The summed E-state index contributed by atoms with van der Waals surface area (Å²) in [5, 5.41) is 13.2. The molecule has 2 aromatic rings. The van der Waals surface area contributed by atoms with E-state index in [1.165, 1.54) is 16.2 Å². The molecule has 0 aliphatic carbocycles. The molecule has 3 rings (SSSR count). The molecule has 32 heavy (non-hydrogen) atoms. The van der Waals surface area contributed by atoms with Gasteiger partial charge in [-0.05, 0) is 56.3 Å². The Hall–Kier alpha value is -2.84. The van der Waals surface area contributed by atoms with Gasteiger partial charge in [-0.3, -0.25) is 9.59 Å². The third kappa shape index (κ3) is 4.66. The van der Waals surface area contributed by atoms with Crippen molar-refractivity contribution in [3.8, 4) is 11.5 Å². The van der Waals surface area contributed by atoms with Crippen molar-refractivity contribution in [2.24, 2.45) is 0 Å². The number of hydrogen-bond donors (Lipinski definition) is 1. The number of thiophene rings is 1. The molecule has 1 aliphatic heterocycles. The SMILES string of the molecule is CCOc1ccc(/C(O)=C2\C(=O)C(=O)N(CCCOC)C2c2sccc2C)c(OCC)c1. The molecule has 1 atom stereocenters. The summed E-state index contributed by atoms with van der Waals surface area (Å²) in [6.07, 6.45) is 0.581. The molecule has 0 saturated carbocycles. The minimum Gasteiger partial charge on any atom is -0.507 e. The fraction of sp³-hybridized carbons (Fsp3) is 0.417. The lowest BCUT2D eigenvalue weighted by atomic mass is 9.98. The maximum atomic E-state index is 13.1. The number of methoxy groups -OCH3 is 1. The van der Waals surface area contributed by atoms with Crippen LogP contribution in [-0.2, 0) is 14.3 Å². The number of carbonyl (C=O) groups is 2. The summed E-state index contributed by atoms with van der Waals surface area (Å²) in [5.41, 5.74) is 1.38. The van der Waals surface area contributed by atoms with Crippen molar-refractivity contribution >= 4 is 28.8 Å². The van der Waals surface area contributed by atoms with E-state index in [2.05, 4.69) is 0 Å². The number of ketones is 1. The van der Waals surface area contributed by atoms with E-state index in [1.54, 1.807) is 25.3 Å². The third-order valence-corrected chi connectivity index (χ3v) is 6.33. The molecular weight excluding hydrogens is 430 g/mol. The number of aliphatic hydroxyl groups is 1. The van der Waals surface area contributed by atoms with Crippen LogP contribution in [0.3, 0.4) is 0 Å². The summed E-state index contributed by atoms with van der Waals surface area (Å²) < 4.78 is 16.4. The van der Waals surface area contributed by atoms with Crippen molar-refractivity contribution in [3.05, 3.63) is 51.2 Å². The van der Waals surface area contributed by atoms with Gasteiger partial charge in [-0.25, -0.2) is 0 Å². The van der Waals surface area contributed by atoms with Crippen LogP contribution < -0.4 is 9.47 Å². The number of hydrogen-bond acceptors (Lipinski definition) is 7. The van der Waals surface area contributed by atoms with Gasteiger partial charge in [0.25, 0.3) is 11.7 Å². The lowest BCUT2D eigenvalue weighted by molar-refractivity contribution is -0.140. The molecule has 1 aromatic carbocycles. The second kappa shape index (κ2) is 10.7. The third-order valence-electron chi connectivity index (χ3n) is 5.26. The molecule has 1 unspecified atom stereocenters. The summed E-state index contributed by atoms with van der Waals surface area (Å²) in [4.78, 5) is 28.5. The van der Waals surface area contributed by atoms with Gasteiger partial charge >= 0.3 is 0 Å². The number of aryl methyl sites for hydroxylation is 1. The Labute approximate surface area is 192 Å². The van der Waals surface area contributed by atoms with Crippen LogP contribution in [0.2, 0.25) is 0 Å². The molecule has 172 valence electrons. The van der Waals surface area contributed by atoms with E-state index in [0.717, 1.165) is 10.4 Å². The number of carbonyl (C=O) groups excluding carboxylic acids is 2. The molecule has 0 bridgehead atoms. The van der Waals surface area contributed by atoms with Crippen LogP contribution in [-0.4, -0.2) is 55.2 Å². The normalized spacial score (nSPS) is 17.8. The van der Waals surface area contributed by atoms with Gasteiger partial charge in [0.2, 0.25) is 0 Å². The van der Waals surface area contributed by atoms with E-state index >= 15 is 0 Å².